The number of benzene rings is 1. The smallest absolute Gasteiger partial charge is 0.270 e. The summed E-state index contributed by atoms with van der Waals surface area (Å²) in [6.07, 6.45) is 5.09. The molecule has 6 nitrogen and oxygen atoms in total. The van der Waals surface area contributed by atoms with Crippen LogP contribution in [0.1, 0.15) is 33.7 Å². The van der Waals surface area contributed by atoms with Gasteiger partial charge in [-0.2, -0.15) is 0 Å². The number of nitrogens with one attached hydrogen (secondary N) is 1. The molecule has 0 spiro atoms. The zero-order valence-electron chi connectivity index (χ0n) is 14.9. The van der Waals surface area contributed by atoms with Gasteiger partial charge < -0.3 is 19.7 Å². The van der Waals surface area contributed by atoms with Gasteiger partial charge in [0.25, 0.3) is 5.91 Å². The summed E-state index contributed by atoms with van der Waals surface area (Å²) >= 11 is 0. The summed E-state index contributed by atoms with van der Waals surface area (Å²) in [6.45, 7) is 5.03. The van der Waals surface area contributed by atoms with E-state index in [2.05, 4.69) is 20.9 Å². The number of aldehydes is 1. The highest BCUT2D eigenvalue weighted by atomic mass is 16.2. The van der Waals surface area contributed by atoms with E-state index in [4.69, 9.17) is 0 Å². The van der Waals surface area contributed by atoms with Crippen LogP contribution in [0, 0.1) is 0 Å². The lowest BCUT2D eigenvalue weighted by atomic mass is 10.1. The van der Waals surface area contributed by atoms with E-state index in [-0.39, 0.29) is 5.91 Å². The van der Waals surface area contributed by atoms with Crippen molar-refractivity contribution in [3.05, 3.63) is 47.8 Å². The number of carbonyl (C=O) groups is 2. The number of aromatic nitrogens is 1. The average Bonchev–Trinajstić information content (AvgIpc) is 3.41. The van der Waals surface area contributed by atoms with Crippen molar-refractivity contribution in [2.24, 2.45) is 0 Å². The molecule has 1 amide bonds. The minimum atomic E-state index is 0.0590. The molecule has 136 valence electrons. The first-order chi connectivity index (χ1) is 12.8. The predicted octanol–water partition coefficient (Wildman–Crippen LogP) is 2.39. The number of anilines is 2. The molecule has 1 N–H and O–H groups in total. The summed E-state index contributed by atoms with van der Waals surface area (Å²) < 4.78 is 0. The maximum absolute atomic E-state index is 12.4. The Morgan fingerprint density at radius 1 is 0.962 bits per heavy atom. The van der Waals surface area contributed by atoms with E-state index >= 15 is 0 Å². The first kappa shape index (κ1) is 16.7. The van der Waals surface area contributed by atoms with Gasteiger partial charge in [0, 0.05) is 62.4 Å². The van der Waals surface area contributed by atoms with E-state index in [1.165, 1.54) is 12.8 Å². The fourth-order valence-corrected chi connectivity index (χ4v) is 3.86. The Kier molecular flexibility index (Phi) is 4.65. The number of rotatable bonds is 4. The van der Waals surface area contributed by atoms with Gasteiger partial charge in [0.2, 0.25) is 0 Å². The van der Waals surface area contributed by atoms with Gasteiger partial charge in [0.1, 0.15) is 5.69 Å². The topological polar surface area (TPSA) is 59.7 Å². The quantitative estimate of drug-likeness (QED) is 0.859. The molecule has 2 saturated heterocycles. The monoisotopic (exact) mass is 352 g/mol. The highest BCUT2D eigenvalue weighted by Crippen LogP contribution is 2.29. The molecule has 1 aromatic carbocycles. The number of carbonyl (C=O) groups excluding carboxylic acids is 2. The third-order valence-electron chi connectivity index (χ3n) is 5.35. The lowest BCUT2D eigenvalue weighted by Gasteiger charge is -2.36. The number of aromatic amines is 1. The minimum Gasteiger partial charge on any atom is -0.371 e. The minimum absolute atomic E-state index is 0.0590. The molecule has 2 aliphatic rings. The fraction of sp³-hybridized carbons (Fsp3) is 0.400. The van der Waals surface area contributed by atoms with Crippen molar-refractivity contribution >= 4 is 23.6 Å². The SMILES string of the molecule is O=Cc1ccc(N2CCN(C(=O)c3ccc[nH]3)CC2)cc1N1CCCC1. The standard InChI is InChI=1S/C20H24N4O2/c25-15-16-5-6-17(14-19(16)23-8-1-2-9-23)22-10-12-24(13-11-22)20(26)18-4-3-7-21-18/h3-7,14-15,21H,1-2,8-13H2. The molecule has 6 heteroatoms. The summed E-state index contributed by atoms with van der Waals surface area (Å²) in [6, 6.07) is 9.74. The maximum atomic E-state index is 12.4. The summed E-state index contributed by atoms with van der Waals surface area (Å²) in [7, 11) is 0. The molecule has 0 bridgehead atoms. The molecular weight excluding hydrogens is 328 g/mol. The molecule has 4 rings (SSSR count). The Bertz CT molecular complexity index is 773. The Labute approximate surface area is 153 Å². The number of nitrogens with zero attached hydrogens (tertiary/aromatic N) is 3. The predicted molar refractivity (Wildman–Crippen MR) is 102 cm³/mol. The zero-order valence-corrected chi connectivity index (χ0v) is 14.9. The van der Waals surface area contributed by atoms with Gasteiger partial charge in [0.15, 0.2) is 6.29 Å². The molecule has 0 aliphatic carbocycles. The van der Waals surface area contributed by atoms with Crippen molar-refractivity contribution in [2.45, 2.75) is 12.8 Å². The van der Waals surface area contributed by atoms with Crippen LogP contribution in [-0.4, -0.2) is 61.3 Å². The lowest BCUT2D eigenvalue weighted by Crippen LogP contribution is -2.48. The Morgan fingerprint density at radius 2 is 1.73 bits per heavy atom. The van der Waals surface area contributed by atoms with Crippen molar-refractivity contribution < 1.29 is 9.59 Å². The number of hydrogen-bond donors (Lipinski definition) is 1. The van der Waals surface area contributed by atoms with Crippen LogP contribution in [0.4, 0.5) is 11.4 Å². The van der Waals surface area contributed by atoms with Gasteiger partial charge in [-0.1, -0.05) is 0 Å². The summed E-state index contributed by atoms with van der Waals surface area (Å²) in [5.41, 5.74) is 3.57. The van der Waals surface area contributed by atoms with Crippen LogP contribution in [0.25, 0.3) is 0 Å². The van der Waals surface area contributed by atoms with E-state index in [9.17, 15) is 9.59 Å². The Hall–Kier alpha value is -2.76. The Morgan fingerprint density at radius 3 is 2.38 bits per heavy atom. The lowest BCUT2D eigenvalue weighted by molar-refractivity contribution is 0.0741. The number of H-pyrrole nitrogens is 1. The summed E-state index contributed by atoms with van der Waals surface area (Å²) in [5.74, 6) is 0.0590. The molecular formula is C20H24N4O2. The molecule has 0 unspecified atom stereocenters. The molecule has 2 fully saturated rings. The molecule has 3 heterocycles. The van der Waals surface area contributed by atoms with Gasteiger partial charge in [-0.05, 0) is 43.2 Å². The number of hydrogen-bond acceptors (Lipinski definition) is 4. The van der Waals surface area contributed by atoms with Crippen molar-refractivity contribution in [3.8, 4) is 0 Å². The molecule has 2 aliphatic heterocycles. The number of amides is 1. The van der Waals surface area contributed by atoms with Crippen LogP contribution in [0.5, 0.6) is 0 Å². The van der Waals surface area contributed by atoms with Crippen molar-refractivity contribution in [1.29, 1.82) is 0 Å². The van der Waals surface area contributed by atoms with Crippen LogP contribution < -0.4 is 9.80 Å². The van der Waals surface area contributed by atoms with E-state index in [0.717, 1.165) is 49.4 Å². The van der Waals surface area contributed by atoms with Crippen molar-refractivity contribution in [1.82, 2.24) is 9.88 Å². The first-order valence-electron chi connectivity index (χ1n) is 9.28. The largest absolute Gasteiger partial charge is 0.371 e. The first-order valence-corrected chi connectivity index (χ1v) is 9.28. The van der Waals surface area contributed by atoms with Crippen LogP contribution in [0.2, 0.25) is 0 Å². The second-order valence-electron chi connectivity index (χ2n) is 6.92. The second kappa shape index (κ2) is 7.23. The van der Waals surface area contributed by atoms with Crippen LogP contribution in [-0.2, 0) is 0 Å². The molecule has 1 aromatic heterocycles. The average molecular weight is 352 g/mol. The van der Waals surface area contributed by atoms with E-state index in [1.807, 2.05) is 29.2 Å². The van der Waals surface area contributed by atoms with E-state index in [1.54, 1.807) is 6.20 Å². The molecule has 2 aromatic rings. The summed E-state index contributed by atoms with van der Waals surface area (Å²) in [4.78, 5) is 33.3. The second-order valence-corrected chi connectivity index (χ2v) is 6.92. The van der Waals surface area contributed by atoms with Crippen LogP contribution >= 0.6 is 0 Å². The van der Waals surface area contributed by atoms with Crippen molar-refractivity contribution in [3.63, 3.8) is 0 Å². The normalized spacial score (nSPS) is 17.6. The fourth-order valence-electron chi connectivity index (χ4n) is 3.86. The third-order valence-corrected chi connectivity index (χ3v) is 5.35. The highest BCUT2D eigenvalue weighted by Gasteiger charge is 2.24. The Balaban J connectivity index is 1.46. The van der Waals surface area contributed by atoms with Crippen LogP contribution in [0.3, 0.4) is 0 Å². The summed E-state index contributed by atoms with van der Waals surface area (Å²) in [5, 5.41) is 0. The van der Waals surface area contributed by atoms with Crippen molar-refractivity contribution in [2.75, 3.05) is 49.1 Å². The zero-order chi connectivity index (χ0) is 17.9. The van der Waals surface area contributed by atoms with Gasteiger partial charge in [-0.3, -0.25) is 9.59 Å². The van der Waals surface area contributed by atoms with E-state index in [0.29, 0.717) is 18.8 Å². The van der Waals surface area contributed by atoms with Gasteiger partial charge in [-0.25, -0.2) is 0 Å². The molecule has 0 radical (unpaired) electrons. The molecule has 0 saturated carbocycles. The number of piperazine rings is 1. The van der Waals surface area contributed by atoms with Gasteiger partial charge in [-0.15, -0.1) is 0 Å². The van der Waals surface area contributed by atoms with E-state index < -0.39 is 0 Å². The highest BCUT2D eigenvalue weighted by molar-refractivity contribution is 5.92. The van der Waals surface area contributed by atoms with Gasteiger partial charge >= 0.3 is 0 Å². The van der Waals surface area contributed by atoms with Crippen LogP contribution in [0.15, 0.2) is 36.5 Å². The van der Waals surface area contributed by atoms with Gasteiger partial charge in [0.05, 0.1) is 0 Å². The third kappa shape index (κ3) is 3.19. The maximum Gasteiger partial charge on any atom is 0.270 e. The molecule has 0 atom stereocenters. The molecule has 26 heavy (non-hydrogen) atoms.